The number of amides is 3. The zero-order valence-corrected chi connectivity index (χ0v) is 18.8. The van der Waals surface area contributed by atoms with E-state index in [1.54, 1.807) is 42.5 Å². The molecule has 8 nitrogen and oxygen atoms in total. The number of hydrogen-bond acceptors (Lipinski definition) is 6. The van der Waals surface area contributed by atoms with Gasteiger partial charge in [-0.15, -0.1) is 0 Å². The van der Waals surface area contributed by atoms with Gasteiger partial charge in [0, 0.05) is 18.1 Å². The molecule has 8 heteroatoms. The van der Waals surface area contributed by atoms with Gasteiger partial charge in [-0.3, -0.25) is 24.6 Å². The van der Waals surface area contributed by atoms with Crippen LogP contribution in [-0.2, 0) is 14.4 Å². The highest BCUT2D eigenvalue weighted by Crippen LogP contribution is 2.35. The number of hydrazine groups is 1. The fraction of sp³-hybridized carbons (Fsp3) is 0.308. The Bertz CT molecular complexity index is 1140. The molecule has 2 aromatic carbocycles. The van der Waals surface area contributed by atoms with E-state index in [0.29, 0.717) is 24.2 Å². The number of carbonyl (C=O) groups is 4. The summed E-state index contributed by atoms with van der Waals surface area (Å²) in [5, 5.41) is 11.1. The first-order valence-corrected chi connectivity index (χ1v) is 11.3. The quantitative estimate of drug-likeness (QED) is 0.270. The third-order valence-corrected chi connectivity index (χ3v) is 6.05. The minimum absolute atomic E-state index is 0.0508. The van der Waals surface area contributed by atoms with Crippen molar-refractivity contribution in [2.75, 3.05) is 6.61 Å². The Morgan fingerprint density at radius 3 is 2.59 bits per heavy atom. The number of nitrogens with zero attached hydrogens (tertiary/aromatic N) is 1. The topological polar surface area (TPSA) is 113 Å². The molecule has 0 aromatic heterocycles. The maximum Gasteiger partial charge on any atom is 0.255 e. The number of aromatic hydroxyl groups is 1. The molecule has 1 saturated heterocycles. The smallest absolute Gasteiger partial charge is 0.255 e. The Balaban J connectivity index is 1.25. The number of rotatable bonds is 8. The normalized spacial score (nSPS) is 21.3. The van der Waals surface area contributed by atoms with Crippen molar-refractivity contribution in [1.29, 1.82) is 0 Å². The first kappa shape index (κ1) is 23.2. The summed E-state index contributed by atoms with van der Waals surface area (Å²) in [4.78, 5) is 49.8. The molecule has 176 valence electrons. The van der Waals surface area contributed by atoms with Crippen LogP contribution in [0.3, 0.4) is 0 Å². The molecule has 3 amide bonds. The second-order valence-electron chi connectivity index (χ2n) is 8.60. The number of carbonyl (C=O) groups excluding carboxylic acids is 4. The highest BCUT2D eigenvalue weighted by molar-refractivity contribution is 6.10. The first-order valence-electron chi connectivity index (χ1n) is 11.3. The average Bonchev–Trinajstić information content (AvgIpc) is 3.06. The molecule has 2 aromatic rings. The number of allylic oxidation sites excluding steroid dienone is 1. The van der Waals surface area contributed by atoms with Gasteiger partial charge in [-0.1, -0.05) is 49.4 Å². The van der Waals surface area contributed by atoms with Gasteiger partial charge in [-0.2, -0.15) is 5.01 Å². The largest absolute Gasteiger partial charge is 0.507 e. The number of ether oxygens (including phenoxy) is 1. The van der Waals surface area contributed by atoms with Gasteiger partial charge < -0.3 is 9.84 Å². The van der Waals surface area contributed by atoms with Crippen LogP contribution in [-0.4, -0.2) is 40.2 Å². The van der Waals surface area contributed by atoms with E-state index in [0.717, 1.165) is 5.01 Å². The van der Waals surface area contributed by atoms with Gasteiger partial charge in [0.15, 0.2) is 5.78 Å². The lowest BCUT2D eigenvalue weighted by atomic mass is 9.81. The van der Waals surface area contributed by atoms with Crippen molar-refractivity contribution in [1.82, 2.24) is 10.4 Å². The number of nitrogens with one attached hydrogen (secondary N) is 1. The number of phenolic OH excluding ortho intramolecular Hbond substituents is 1. The van der Waals surface area contributed by atoms with Crippen LogP contribution in [0.4, 0.5) is 0 Å². The molecular weight excluding hydrogens is 436 g/mol. The number of fused-ring (bicyclic) bond motifs is 1. The Morgan fingerprint density at radius 1 is 1.09 bits per heavy atom. The molecule has 0 spiro atoms. The monoisotopic (exact) mass is 462 g/mol. The fourth-order valence-electron chi connectivity index (χ4n) is 4.25. The summed E-state index contributed by atoms with van der Waals surface area (Å²) in [6.45, 7) is 2.16. The molecule has 2 N–H and O–H groups in total. The highest BCUT2D eigenvalue weighted by atomic mass is 16.5. The predicted molar refractivity (Wildman–Crippen MR) is 123 cm³/mol. The molecule has 1 aliphatic heterocycles. The number of hydrogen-bond donors (Lipinski definition) is 2. The predicted octanol–water partition coefficient (Wildman–Crippen LogP) is 3.01. The molecule has 1 heterocycles. The van der Waals surface area contributed by atoms with Crippen LogP contribution < -0.4 is 10.2 Å². The van der Waals surface area contributed by atoms with Gasteiger partial charge in [-0.25, -0.2) is 0 Å². The van der Waals surface area contributed by atoms with Gasteiger partial charge in [0.25, 0.3) is 11.8 Å². The van der Waals surface area contributed by atoms with E-state index in [4.69, 9.17) is 4.74 Å². The lowest BCUT2D eigenvalue weighted by molar-refractivity contribution is -0.149. The second kappa shape index (κ2) is 9.91. The van der Waals surface area contributed by atoms with Crippen molar-refractivity contribution >= 4 is 23.5 Å². The molecular formula is C26H26N2O6. The Morgan fingerprint density at radius 2 is 1.85 bits per heavy atom. The van der Waals surface area contributed by atoms with Crippen LogP contribution in [0, 0.1) is 17.8 Å². The summed E-state index contributed by atoms with van der Waals surface area (Å²) < 4.78 is 5.57. The van der Waals surface area contributed by atoms with E-state index in [9.17, 15) is 24.3 Å². The lowest BCUT2D eigenvalue weighted by Gasteiger charge is -2.19. The number of imide groups is 1. The zero-order chi connectivity index (χ0) is 24.2. The second-order valence-corrected chi connectivity index (χ2v) is 8.60. The van der Waals surface area contributed by atoms with Gasteiger partial charge in [-0.05, 0) is 30.9 Å². The molecule has 0 bridgehead atoms. The van der Waals surface area contributed by atoms with Crippen molar-refractivity contribution in [3.8, 4) is 11.5 Å². The van der Waals surface area contributed by atoms with Crippen LogP contribution in [0.15, 0.2) is 60.7 Å². The minimum Gasteiger partial charge on any atom is -0.507 e. The van der Waals surface area contributed by atoms with Gasteiger partial charge in [0.05, 0.1) is 24.0 Å². The summed E-state index contributed by atoms with van der Waals surface area (Å²) in [6, 6.07) is 13.1. The van der Waals surface area contributed by atoms with Crippen molar-refractivity contribution in [2.24, 2.45) is 17.8 Å². The summed E-state index contributed by atoms with van der Waals surface area (Å²) in [5.41, 5.74) is 3.06. The Kier molecular flexibility index (Phi) is 6.77. The molecule has 3 unspecified atom stereocenters. The molecule has 0 radical (unpaired) electrons. The molecule has 3 atom stereocenters. The van der Waals surface area contributed by atoms with Crippen molar-refractivity contribution < 1.29 is 29.0 Å². The minimum atomic E-state index is -0.503. The molecule has 34 heavy (non-hydrogen) atoms. The summed E-state index contributed by atoms with van der Waals surface area (Å²) in [5.74, 6) is -2.05. The van der Waals surface area contributed by atoms with E-state index in [1.165, 1.54) is 12.1 Å². The number of phenols is 1. The molecule has 2 aliphatic rings. The summed E-state index contributed by atoms with van der Waals surface area (Å²) >= 11 is 0. The fourth-order valence-corrected chi connectivity index (χ4v) is 4.25. The summed E-state index contributed by atoms with van der Waals surface area (Å²) in [7, 11) is 0. The third kappa shape index (κ3) is 4.85. The molecule has 0 saturated carbocycles. The SMILES string of the molecule is CC1C=CC2C(=O)N(NC(=O)CCCOc3ccc(C(=O)c4ccccc4)c(O)c3)C(=O)C2C1. The van der Waals surface area contributed by atoms with Crippen molar-refractivity contribution in [3.05, 3.63) is 71.8 Å². The zero-order valence-electron chi connectivity index (χ0n) is 18.8. The standard InChI is InChI=1S/C26H26N2O6/c1-16-9-11-19-21(14-16)26(33)28(25(19)32)27-23(30)8-5-13-34-18-10-12-20(22(29)15-18)24(31)17-6-3-2-4-7-17/h2-4,6-7,9-12,15-16,19,21,29H,5,8,13-14H2,1H3,(H,27,30). The number of benzene rings is 2. The maximum atomic E-state index is 12.5. The van der Waals surface area contributed by atoms with E-state index in [-0.39, 0.29) is 41.9 Å². The number of ketones is 1. The average molecular weight is 463 g/mol. The summed E-state index contributed by atoms with van der Waals surface area (Å²) in [6.07, 6.45) is 4.66. The Labute approximate surface area is 197 Å². The van der Waals surface area contributed by atoms with Crippen LogP contribution >= 0.6 is 0 Å². The van der Waals surface area contributed by atoms with Crippen molar-refractivity contribution in [2.45, 2.75) is 26.2 Å². The lowest BCUT2D eigenvalue weighted by Crippen LogP contribution is -2.46. The van der Waals surface area contributed by atoms with Gasteiger partial charge in [0.1, 0.15) is 11.5 Å². The first-order chi connectivity index (χ1) is 16.3. The van der Waals surface area contributed by atoms with E-state index in [2.05, 4.69) is 5.43 Å². The van der Waals surface area contributed by atoms with Gasteiger partial charge >= 0.3 is 0 Å². The third-order valence-electron chi connectivity index (χ3n) is 6.05. The Hall–Kier alpha value is -3.94. The maximum absolute atomic E-state index is 12.5. The van der Waals surface area contributed by atoms with E-state index in [1.807, 2.05) is 13.0 Å². The molecule has 1 aliphatic carbocycles. The van der Waals surface area contributed by atoms with E-state index < -0.39 is 23.7 Å². The highest BCUT2D eigenvalue weighted by Gasteiger charge is 2.48. The molecule has 1 fully saturated rings. The van der Waals surface area contributed by atoms with Crippen LogP contribution in [0.1, 0.15) is 42.1 Å². The van der Waals surface area contributed by atoms with Gasteiger partial charge in [0.2, 0.25) is 5.91 Å². The van der Waals surface area contributed by atoms with Crippen LogP contribution in [0.25, 0.3) is 0 Å². The molecule has 4 rings (SSSR count). The van der Waals surface area contributed by atoms with E-state index >= 15 is 0 Å². The van der Waals surface area contributed by atoms with Crippen LogP contribution in [0.2, 0.25) is 0 Å². The van der Waals surface area contributed by atoms with Crippen LogP contribution in [0.5, 0.6) is 11.5 Å². The van der Waals surface area contributed by atoms with Crippen molar-refractivity contribution in [3.63, 3.8) is 0 Å².